The van der Waals surface area contributed by atoms with Gasteiger partial charge >= 0.3 is 5.97 Å². The Labute approximate surface area is 133 Å². The maximum atomic E-state index is 11.5. The quantitative estimate of drug-likeness (QED) is 0.774. The summed E-state index contributed by atoms with van der Waals surface area (Å²) in [5, 5.41) is 17.7. The summed E-state index contributed by atoms with van der Waals surface area (Å²) in [4.78, 5) is 16.0. The topological polar surface area (TPSA) is 80.0 Å². The highest BCUT2D eigenvalue weighted by Gasteiger charge is 2.15. The summed E-state index contributed by atoms with van der Waals surface area (Å²) in [6, 6.07) is 8.79. The van der Waals surface area contributed by atoms with Crippen LogP contribution in [0.3, 0.4) is 0 Å². The van der Waals surface area contributed by atoms with E-state index in [-0.39, 0.29) is 11.6 Å². The molecule has 0 radical (unpaired) electrons. The number of hydrogen-bond acceptors (Lipinski definition) is 4. The zero-order valence-electron chi connectivity index (χ0n) is 13.2. The number of carbonyl (C=O) groups is 1. The van der Waals surface area contributed by atoms with E-state index in [9.17, 15) is 9.90 Å². The summed E-state index contributed by atoms with van der Waals surface area (Å²) in [5.74, 6) is -0.422. The van der Waals surface area contributed by atoms with Crippen LogP contribution in [0.1, 0.15) is 34.6 Å². The number of nitrogens with one attached hydrogen (secondary N) is 1. The molecular formula is C17H18N4O2. The summed E-state index contributed by atoms with van der Waals surface area (Å²) in [6.45, 7) is 3.95. The van der Waals surface area contributed by atoms with Crippen LogP contribution in [0.4, 0.5) is 5.82 Å². The van der Waals surface area contributed by atoms with Gasteiger partial charge in [0, 0.05) is 24.2 Å². The van der Waals surface area contributed by atoms with Crippen molar-refractivity contribution >= 4 is 22.7 Å². The van der Waals surface area contributed by atoms with Crippen molar-refractivity contribution in [1.82, 2.24) is 14.8 Å². The number of carboxylic acids is 1. The number of aryl methyl sites for hydroxylation is 2. The molecule has 0 saturated carbocycles. The lowest BCUT2D eigenvalue weighted by atomic mass is 10.1. The molecule has 2 heterocycles. The lowest BCUT2D eigenvalue weighted by Gasteiger charge is -2.15. The van der Waals surface area contributed by atoms with Crippen molar-refractivity contribution in [3.63, 3.8) is 0 Å². The lowest BCUT2D eigenvalue weighted by molar-refractivity contribution is 0.0699. The molecule has 3 rings (SSSR count). The number of anilines is 1. The van der Waals surface area contributed by atoms with Crippen LogP contribution in [0.25, 0.3) is 10.9 Å². The fourth-order valence-corrected chi connectivity index (χ4v) is 2.77. The first-order valence-electron chi connectivity index (χ1n) is 7.35. The van der Waals surface area contributed by atoms with Crippen molar-refractivity contribution in [3.8, 4) is 0 Å². The number of rotatable bonds is 4. The standard InChI is InChI=1S/C17H18N4O2/c1-10(14-9-21(3)20-11(14)2)18-16-8-13(17(22)23)12-6-4-5-7-15(12)19-16/h4-10H,1-3H3,(H,18,19)(H,22,23). The smallest absolute Gasteiger partial charge is 0.336 e. The highest BCUT2D eigenvalue weighted by molar-refractivity contribution is 6.03. The molecule has 1 unspecified atom stereocenters. The summed E-state index contributed by atoms with van der Waals surface area (Å²) in [6.07, 6.45) is 1.95. The Morgan fingerprint density at radius 3 is 2.74 bits per heavy atom. The van der Waals surface area contributed by atoms with E-state index in [0.717, 1.165) is 11.3 Å². The minimum Gasteiger partial charge on any atom is -0.478 e. The fraction of sp³-hybridized carbons (Fsp3) is 0.235. The zero-order valence-corrected chi connectivity index (χ0v) is 13.2. The number of carboxylic acid groups (broad SMARTS) is 1. The molecule has 0 aliphatic heterocycles. The summed E-state index contributed by atoms with van der Waals surface area (Å²) in [7, 11) is 1.88. The SMILES string of the molecule is Cc1nn(C)cc1C(C)Nc1cc(C(=O)O)c2ccccc2n1. The number of pyridine rings is 1. The molecule has 0 aliphatic rings. The largest absolute Gasteiger partial charge is 0.478 e. The van der Waals surface area contributed by atoms with E-state index >= 15 is 0 Å². The third-order valence-electron chi connectivity index (χ3n) is 3.83. The Morgan fingerprint density at radius 2 is 2.09 bits per heavy atom. The van der Waals surface area contributed by atoms with E-state index in [1.807, 2.05) is 45.3 Å². The molecule has 1 aromatic carbocycles. The van der Waals surface area contributed by atoms with Gasteiger partial charge in [-0.2, -0.15) is 5.10 Å². The second-order valence-corrected chi connectivity index (χ2v) is 5.59. The molecule has 0 saturated heterocycles. The molecule has 0 aliphatic carbocycles. The first kappa shape index (κ1) is 15.0. The lowest BCUT2D eigenvalue weighted by Crippen LogP contribution is -2.10. The number of benzene rings is 1. The molecule has 6 heteroatoms. The Kier molecular flexibility index (Phi) is 3.73. The molecular weight excluding hydrogens is 292 g/mol. The van der Waals surface area contributed by atoms with E-state index in [1.165, 1.54) is 0 Å². The molecule has 23 heavy (non-hydrogen) atoms. The predicted octanol–water partition coefficient (Wildman–Crippen LogP) is 3.15. The normalized spacial score (nSPS) is 12.3. The van der Waals surface area contributed by atoms with E-state index in [0.29, 0.717) is 16.7 Å². The maximum absolute atomic E-state index is 11.5. The number of fused-ring (bicyclic) bond motifs is 1. The number of para-hydroxylation sites is 1. The van der Waals surface area contributed by atoms with Gasteiger partial charge in [0.05, 0.1) is 22.8 Å². The van der Waals surface area contributed by atoms with Crippen LogP contribution in [0.2, 0.25) is 0 Å². The third kappa shape index (κ3) is 2.88. The van der Waals surface area contributed by atoms with Gasteiger partial charge < -0.3 is 10.4 Å². The van der Waals surface area contributed by atoms with Crippen molar-refractivity contribution in [2.24, 2.45) is 7.05 Å². The fourth-order valence-electron chi connectivity index (χ4n) is 2.77. The molecule has 118 valence electrons. The predicted molar refractivity (Wildman–Crippen MR) is 88.7 cm³/mol. The van der Waals surface area contributed by atoms with E-state index in [2.05, 4.69) is 15.4 Å². The first-order chi connectivity index (χ1) is 11.0. The Balaban J connectivity index is 2.00. The van der Waals surface area contributed by atoms with Crippen LogP contribution in [-0.4, -0.2) is 25.8 Å². The van der Waals surface area contributed by atoms with Gasteiger partial charge in [0.2, 0.25) is 0 Å². The second-order valence-electron chi connectivity index (χ2n) is 5.59. The Bertz CT molecular complexity index is 885. The summed E-state index contributed by atoms with van der Waals surface area (Å²) in [5.41, 5.74) is 2.89. The van der Waals surface area contributed by atoms with Gasteiger partial charge in [-0.3, -0.25) is 4.68 Å². The molecule has 6 nitrogen and oxygen atoms in total. The van der Waals surface area contributed by atoms with Crippen molar-refractivity contribution in [2.75, 3.05) is 5.32 Å². The Hall–Kier alpha value is -2.89. The molecule has 2 aromatic heterocycles. The Morgan fingerprint density at radius 1 is 1.35 bits per heavy atom. The molecule has 3 aromatic rings. The van der Waals surface area contributed by atoms with Crippen molar-refractivity contribution < 1.29 is 9.90 Å². The molecule has 2 N–H and O–H groups in total. The highest BCUT2D eigenvalue weighted by atomic mass is 16.4. The molecule has 1 atom stereocenters. The molecule has 0 amide bonds. The minimum absolute atomic E-state index is 0.0287. The third-order valence-corrected chi connectivity index (χ3v) is 3.83. The van der Waals surface area contributed by atoms with Gasteiger partial charge in [-0.05, 0) is 26.0 Å². The molecule has 0 spiro atoms. The van der Waals surface area contributed by atoms with Gasteiger partial charge in [-0.25, -0.2) is 9.78 Å². The maximum Gasteiger partial charge on any atom is 0.336 e. The highest BCUT2D eigenvalue weighted by Crippen LogP contribution is 2.25. The first-order valence-corrected chi connectivity index (χ1v) is 7.35. The van der Waals surface area contributed by atoms with Crippen LogP contribution in [-0.2, 0) is 7.05 Å². The minimum atomic E-state index is -0.961. The van der Waals surface area contributed by atoms with Gasteiger partial charge in [-0.15, -0.1) is 0 Å². The number of aromatic carboxylic acids is 1. The second kappa shape index (κ2) is 5.72. The van der Waals surface area contributed by atoms with Gasteiger partial charge in [0.15, 0.2) is 0 Å². The molecule has 0 fully saturated rings. The summed E-state index contributed by atoms with van der Waals surface area (Å²) < 4.78 is 1.76. The average Bonchev–Trinajstić information content (AvgIpc) is 2.85. The zero-order chi connectivity index (χ0) is 16.6. The van der Waals surface area contributed by atoms with Gasteiger partial charge in [-0.1, -0.05) is 18.2 Å². The van der Waals surface area contributed by atoms with Crippen LogP contribution < -0.4 is 5.32 Å². The van der Waals surface area contributed by atoms with E-state index in [4.69, 9.17) is 0 Å². The number of nitrogens with zero attached hydrogens (tertiary/aromatic N) is 3. The molecule has 0 bridgehead atoms. The van der Waals surface area contributed by atoms with Crippen LogP contribution in [0.15, 0.2) is 36.5 Å². The van der Waals surface area contributed by atoms with Gasteiger partial charge in [0.25, 0.3) is 0 Å². The van der Waals surface area contributed by atoms with Crippen molar-refractivity contribution in [3.05, 3.63) is 53.3 Å². The van der Waals surface area contributed by atoms with Crippen LogP contribution in [0.5, 0.6) is 0 Å². The number of aromatic nitrogens is 3. The number of hydrogen-bond donors (Lipinski definition) is 2. The van der Waals surface area contributed by atoms with Crippen molar-refractivity contribution in [2.45, 2.75) is 19.9 Å². The van der Waals surface area contributed by atoms with E-state index < -0.39 is 5.97 Å². The van der Waals surface area contributed by atoms with Crippen molar-refractivity contribution in [1.29, 1.82) is 0 Å². The van der Waals surface area contributed by atoms with E-state index in [1.54, 1.807) is 16.8 Å². The summed E-state index contributed by atoms with van der Waals surface area (Å²) >= 11 is 0. The van der Waals surface area contributed by atoms with Crippen LogP contribution in [0, 0.1) is 6.92 Å². The van der Waals surface area contributed by atoms with Crippen LogP contribution >= 0.6 is 0 Å². The monoisotopic (exact) mass is 310 g/mol. The average molecular weight is 310 g/mol. The van der Waals surface area contributed by atoms with Gasteiger partial charge in [0.1, 0.15) is 5.82 Å².